The highest BCUT2D eigenvalue weighted by atomic mass is 16.3. The minimum Gasteiger partial charge on any atom is -0.396 e. The van der Waals surface area contributed by atoms with Crippen molar-refractivity contribution in [2.24, 2.45) is 5.41 Å². The SMILES string of the molecule is OCC(CO)(CO)CO.OCCCCCCO. The van der Waals surface area contributed by atoms with Crippen molar-refractivity contribution in [3.8, 4) is 0 Å². The highest BCUT2D eigenvalue weighted by Gasteiger charge is 2.26. The summed E-state index contributed by atoms with van der Waals surface area (Å²) in [6, 6.07) is 0. The van der Waals surface area contributed by atoms with E-state index in [1.165, 1.54) is 0 Å². The Hall–Kier alpha value is -0.240. The van der Waals surface area contributed by atoms with Gasteiger partial charge in [-0.2, -0.15) is 0 Å². The van der Waals surface area contributed by atoms with Crippen molar-refractivity contribution in [3.63, 3.8) is 0 Å². The molecule has 0 aromatic rings. The molecule has 0 spiro atoms. The van der Waals surface area contributed by atoms with Crippen molar-refractivity contribution in [2.75, 3.05) is 39.6 Å². The molecule has 0 aliphatic carbocycles. The van der Waals surface area contributed by atoms with E-state index in [1.807, 2.05) is 0 Å². The zero-order valence-electron chi connectivity index (χ0n) is 10.3. The summed E-state index contributed by atoms with van der Waals surface area (Å²) < 4.78 is 0. The van der Waals surface area contributed by atoms with Crippen LogP contribution in [0.25, 0.3) is 0 Å². The van der Waals surface area contributed by atoms with Crippen LogP contribution >= 0.6 is 0 Å². The van der Waals surface area contributed by atoms with Gasteiger partial charge in [0.25, 0.3) is 0 Å². The summed E-state index contributed by atoms with van der Waals surface area (Å²) in [4.78, 5) is 0. The lowest BCUT2D eigenvalue weighted by atomic mass is 9.93. The van der Waals surface area contributed by atoms with E-state index in [2.05, 4.69) is 0 Å². The maximum atomic E-state index is 8.50. The standard InChI is InChI=1S/C6H14O2.C5H12O4/c7-5-3-1-2-4-6-8;6-1-5(2-7,3-8)4-9/h7-8H,1-6H2;6-9H,1-4H2. The molecule has 0 rings (SSSR count). The van der Waals surface area contributed by atoms with Crippen LogP contribution in [-0.2, 0) is 0 Å². The molecule has 6 heteroatoms. The van der Waals surface area contributed by atoms with E-state index in [1.54, 1.807) is 0 Å². The molecule has 0 aromatic carbocycles. The molecular weight excluding hydrogens is 228 g/mol. The van der Waals surface area contributed by atoms with Gasteiger partial charge in [0.1, 0.15) is 0 Å². The second-order valence-corrected chi connectivity index (χ2v) is 3.99. The molecule has 0 fully saturated rings. The van der Waals surface area contributed by atoms with E-state index in [9.17, 15) is 0 Å². The second-order valence-electron chi connectivity index (χ2n) is 3.99. The average molecular weight is 254 g/mol. The van der Waals surface area contributed by atoms with Crippen LogP contribution in [0.1, 0.15) is 25.7 Å². The zero-order chi connectivity index (χ0) is 13.6. The molecule has 6 nitrogen and oxygen atoms in total. The van der Waals surface area contributed by atoms with Crippen LogP contribution in [-0.4, -0.2) is 70.3 Å². The van der Waals surface area contributed by atoms with Gasteiger partial charge in [0.15, 0.2) is 0 Å². The fourth-order valence-corrected chi connectivity index (χ4v) is 0.877. The van der Waals surface area contributed by atoms with Gasteiger partial charge < -0.3 is 30.6 Å². The molecular formula is C11H26O6. The van der Waals surface area contributed by atoms with E-state index in [4.69, 9.17) is 30.6 Å². The molecule has 0 amide bonds. The summed E-state index contributed by atoms with van der Waals surface area (Å²) in [6.45, 7) is -1.06. The normalized spacial score (nSPS) is 10.9. The minimum absolute atomic E-state index is 0.283. The first-order chi connectivity index (χ1) is 8.16. The molecule has 0 radical (unpaired) electrons. The van der Waals surface area contributed by atoms with Gasteiger partial charge in [-0.3, -0.25) is 0 Å². The highest BCUT2D eigenvalue weighted by molar-refractivity contribution is 4.74. The average Bonchev–Trinajstić information content (AvgIpc) is 2.39. The van der Waals surface area contributed by atoms with E-state index in [0.29, 0.717) is 0 Å². The fourth-order valence-electron chi connectivity index (χ4n) is 0.877. The van der Waals surface area contributed by atoms with Crippen LogP contribution in [0.4, 0.5) is 0 Å². The van der Waals surface area contributed by atoms with Crippen molar-refractivity contribution in [3.05, 3.63) is 0 Å². The predicted octanol–water partition coefficient (Wildman–Crippen LogP) is -1.53. The molecule has 0 unspecified atom stereocenters. The minimum atomic E-state index is -1.11. The van der Waals surface area contributed by atoms with Gasteiger partial charge in [-0.25, -0.2) is 0 Å². The molecule has 0 aliphatic rings. The predicted molar refractivity (Wildman–Crippen MR) is 63.4 cm³/mol. The van der Waals surface area contributed by atoms with Crippen LogP contribution in [0.5, 0.6) is 0 Å². The summed E-state index contributed by atoms with van der Waals surface area (Å²) in [5.41, 5.74) is -1.11. The maximum Gasteiger partial charge on any atom is 0.0627 e. The monoisotopic (exact) mass is 254 g/mol. The third-order valence-corrected chi connectivity index (χ3v) is 2.41. The maximum absolute atomic E-state index is 8.50. The largest absolute Gasteiger partial charge is 0.396 e. The van der Waals surface area contributed by atoms with E-state index in [-0.39, 0.29) is 13.2 Å². The fraction of sp³-hybridized carbons (Fsp3) is 1.00. The van der Waals surface area contributed by atoms with Crippen LogP contribution in [0.15, 0.2) is 0 Å². The lowest BCUT2D eigenvalue weighted by Gasteiger charge is -2.23. The lowest BCUT2D eigenvalue weighted by Crippen LogP contribution is -2.37. The number of aliphatic hydroxyl groups excluding tert-OH is 6. The summed E-state index contributed by atoms with van der Waals surface area (Å²) in [5, 5.41) is 50.6. The highest BCUT2D eigenvalue weighted by Crippen LogP contribution is 2.11. The van der Waals surface area contributed by atoms with Gasteiger partial charge in [0.05, 0.1) is 31.8 Å². The number of unbranched alkanes of at least 4 members (excludes halogenated alkanes) is 3. The van der Waals surface area contributed by atoms with Crippen molar-refractivity contribution in [1.29, 1.82) is 0 Å². The molecule has 0 aromatic heterocycles. The van der Waals surface area contributed by atoms with Gasteiger partial charge in [-0.15, -0.1) is 0 Å². The summed E-state index contributed by atoms with van der Waals surface area (Å²) >= 11 is 0. The first-order valence-electron chi connectivity index (χ1n) is 5.81. The number of hydrogen-bond donors (Lipinski definition) is 6. The van der Waals surface area contributed by atoms with Gasteiger partial charge >= 0.3 is 0 Å². The Labute approximate surface area is 102 Å². The Bertz CT molecular complexity index is 114. The third-order valence-electron chi connectivity index (χ3n) is 2.41. The summed E-state index contributed by atoms with van der Waals surface area (Å²) in [5.74, 6) is 0. The molecule has 106 valence electrons. The van der Waals surface area contributed by atoms with E-state index < -0.39 is 31.8 Å². The zero-order valence-corrected chi connectivity index (χ0v) is 10.3. The van der Waals surface area contributed by atoms with Crippen LogP contribution in [0, 0.1) is 5.41 Å². The molecule has 0 atom stereocenters. The molecule has 0 saturated carbocycles. The Balaban J connectivity index is 0. The molecule has 0 heterocycles. The van der Waals surface area contributed by atoms with Crippen LogP contribution in [0.2, 0.25) is 0 Å². The van der Waals surface area contributed by atoms with Crippen molar-refractivity contribution >= 4 is 0 Å². The van der Waals surface area contributed by atoms with Crippen molar-refractivity contribution in [2.45, 2.75) is 25.7 Å². The third kappa shape index (κ3) is 10.6. The number of aliphatic hydroxyl groups is 6. The van der Waals surface area contributed by atoms with E-state index in [0.717, 1.165) is 25.7 Å². The smallest absolute Gasteiger partial charge is 0.0627 e. The van der Waals surface area contributed by atoms with Gasteiger partial charge in [-0.1, -0.05) is 12.8 Å². The first kappa shape index (κ1) is 19.1. The number of hydrogen-bond acceptors (Lipinski definition) is 6. The van der Waals surface area contributed by atoms with Crippen LogP contribution < -0.4 is 0 Å². The topological polar surface area (TPSA) is 121 Å². The molecule has 17 heavy (non-hydrogen) atoms. The quantitative estimate of drug-likeness (QED) is 0.278. The number of rotatable bonds is 9. The summed E-state index contributed by atoms with van der Waals surface area (Å²) in [7, 11) is 0. The van der Waals surface area contributed by atoms with Gasteiger partial charge in [0, 0.05) is 13.2 Å². The first-order valence-corrected chi connectivity index (χ1v) is 5.81. The summed E-state index contributed by atoms with van der Waals surface area (Å²) in [6.07, 6.45) is 3.83. The van der Waals surface area contributed by atoms with Gasteiger partial charge in [-0.05, 0) is 12.8 Å². The lowest BCUT2D eigenvalue weighted by molar-refractivity contribution is -0.0328. The Morgan fingerprint density at radius 3 is 0.882 bits per heavy atom. The van der Waals surface area contributed by atoms with Crippen LogP contribution in [0.3, 0.4) is 0 Å². The Morgan fingerprint density at radius 2 is 0.765 bits per heavy atom. The Kier molecular flexibility index (Phi) is 15.5. The van der Waals surface area contributed by atoms with Gasteiger partial charge in [0.2, 0.25) is 0 Å². The molecule has 6 N–H and O–H groups in total. The molecule has 0 bridgehead atoms. The van der Waals surface area contributed by atoms with Crippen molar-refractivity contribution < 1.29 is 30.6 Å². The molecule has 0 saturated heterocycles. The Morgan fingerprint density at radius 1 is 0.471 bits per heavy atom. The molecule has 0 aliphatic heterocycles. The van der Waals surface area contributed by atoms with E-state index >= 15 is 0 Å². The van der Waals surface area contributed by atoms with Crippen molar-refractivity contribution in [1.82, 2.24) is 0 Å². The second kappa shape index (κ2) is 13.8.